The number of piperidine rings is 1. The molecule has 2 amide bonds. The maximum absolute atomic E-state index is 13.1. The third-order valence-electron chi connectivity index (χ3n) is 6.82. The van der Waals surface area contributed by atoms with Crippen LogP contribution in [0, 0.1) is 19.8 Å². The minimum absolute atomic E-state index is 0.118. The van der Waals surface area contributed by atoms with Gasteiger partial charge in [-0.05, 0) is 57.9 Å². The minimum Gasteiger partial charge on any atom is -0.332 e. The van der Waals surface area contributed by atoms with Gasteiger partial charge in [0.2, 0.25) is 11.8 Å². The smallest absolute Gasteiger partial charge is 0.232 e. The van der Waals surface area contributed by atoms with Crippen LogP contribution in [0.3, 0.4) is 0 Å². The summed E-state index contributed by atoms with van der Waals surface area (Å²) in [7, 11) is 0. The normalized spacial score (nSPS) is 21.0. The molecule has 8 nitrogen and oxygen atoms in total. The highest BCUT2D eigenvalue weighted by Crippen LogP contribution is 2.37. The van der Waals surface area contributed by atoms with E-state index in [-0.39, 0.29) is 17.9 Å². The molecule has 4 heterocycles. The van der Waals surface area contributed by atoms with Crippen molar-refractivity contribution in [3.05, 3.63) is 35.0 Å². The second kappa shape index (κ2) is 8.05. The van der Waals surface area contributed by atoms with Crippen molar-refractivity contribution < 1.29 is 9.59 Å². The van der Waals surface area contributed by atoms with Crippen LogP contribution in [0.15, 0.2) is 12.3 Å². The van der Waals surface area contributed by atoms with Crippen molar-refractivity contribution in [3.63, 3.8) is 0 Å². The zero-order valence-electron chi connectivity index (χ0n) is 18.4. The Morgan fingerprint density at radius 1 is 1.16 bits per heavy atom. The average molecular weight is 423 g/mol. The average Bonchev–Trinajstić information content (AvgIpc) is 3.41. The molecule has 0 unspecified atom stereocenters. The zero-order chi connectivity index (χ0) is 21.5. The SMILES string of the molecule is Cc1nc([C@@H]2CCCCN2C(=O)CCn2nccc2C)nc2c1CC(=O)N2CC1CC1. The van der Waals surface area contributed by atoms with E-state index in [9.17, 15) is 9.59 Å². The molecule has 1 aliphatic carbocycles. The number of carbonyl (C=O) groups excluding carboxylic acids is 2. The van der Waals surface area contributed by atoms with E-state index in [0.717, 1.165) is 55.1 Å². The number of amides is 2. The molecular formula is C23H30N6O2. The van der Waals surface area contributed by atoms with Crippen molar-refractivity contribution in [2.75, 3.05) is 18.0 Å². The molecule has 0 N–H and O–H groups in total. The van der Waals surface area contributed by atoms with Gasteiger partial charge in [-0.2, -0.15) is 5.10 Å². The van der Waals surface area contributed by atoms with E-state index >= 15 is 0 Å². The maximum atomic E-state index is 13.1. The number of likely N-dealkylation sites (tertiary alicyclic amines) is 1. The molecule has 0 radical (unpaired) electrons. The molecule has 2 aromatic rings. The molecule has 0 aromatic carbocycles. The van der Waals surface area contributed by atoms with Crippen LogP contribution in [0.1, 0.15) is 67.3 Å². The van der Waals surface area contributed by atoms with E-state index in [1.165, 1.54) is 12.8 Å². The highest BCUT2D eigenvalue weighted by atomic mass is 16.2. The summed E-state index contributed by atoms with van der Waals surface area (Å²) in [5.41, 5.74) is 2.88. The van der Waals surface area contributed by atoms with Crippen molar-refractivity contribution in [2.45, 2.75) is 71.4 Å². The zero-order valence-corrected chi connectivity index (χ0v) is 18.4. The number of rotatable bonds is 6. The summed E-state index contributed by atoms with van der Waals surface area (Å²) in [4.78, 5) is 39.2. The number of anilines is 1. The summed E-state index contributed by atoms with van der Waals surface area (Å²) in [6.45, 7) is 6.03. The van der Waals surface area contributed by atoms with Crippen LogP contribution in [-0.2, 0) is 22.6 Å². The Morgan fingerprint density at radius 3 is 2.74 bits per heavy atom. The van der Waals surface area contributed by atoms with Crippen LogP contribution in [-0.4, -0.2) is 49.6 Å². The van der Waals surface area contributed by atoms with Gasteiger partial charge in [0, 0.05) is 49.2 Å². The van der Waals surface area contributed by atoms with Crippen molar-refractivity contribution in [2.24, 2.45) is 5.92 Å². The van der Waals surface area contributed by atoms with E-state index in [2.05, 4.69) is 5.10 Å². The van der Waals surface area contributed by atoms with Gasteiger partial charge in [-0.1, -0.05) is 0 Å². The third-order valence-corrected chi connectivity index (χ3v) is 6.82. The molecule has 0 spiro atoms. The third kappa shape index (κ3) is 3.95. The lowest BCUT2D eigenvalue weighted by Crippen LogP contribution is -2.40. The number of aromatic nitrogens is 4. The van der Waals surface area contributed by atoms with Gasteiger partial charge in [0.1, 0.15) is 5.82 Å². The Balaban J connectivity index is 1.38. The molecule has 8 heteroatoms. The summed E-state index contributed by atoms with van der Waals surface area (Å²) in [5, 5.41) is 4.29. The Morgan fingerprint density at radius 2 is 2.00 bits per heavy atom. The predicted octanol–water partition coefficient (Wildman–Crippen LogP) is 2.73. The molecular weight excluding hydrogens is 392 g/mol. The van der Waals surface area contributed by atoms with Crippen LogP contribution in [0.4, 0.5) is 5.82 Å². The molecule has 1 saturated heterocycles. The van der Waals surface area contributed by atoms with E-state index in [1.807, 2.05) is 34.4 Å². The Labute approximate surface area is 182 Å². The van der Waals surface area contributed by atoms with Gasteiger partial charge in [0.05, 0.1) is 12.5 Å². The molecule has 164 valence electrons. The van der Waals surface area contributed by atoms with Crippen molar-refractivity contribution in [1.29, 1.82) is 0 Å². The van der Waals surface area contributed by atoms with Crippen molar-refractivity contribution in [1.82, 2.24) is 24.6 Å². The minimum atomic E-state index is -0.123. The van der Waals surface area contributed by atoms with Crippen LogP contribution in [0.2, 0.25) is 0 Å². The number of carbonyl (C=O) groups is 2. The maximum Gasteiger partial charge on any atom is 0.232 e. The summed E-state index contributed by atoms with van der Waals surface area (Å²) in [6.07, 6.45) is 7.87. The predicted molar refractivity (Wildman–Crippen MR) is 115 cm³/mol. The summed E-state index contributed by atoms with van der Waals surface area (Å²) >= 11 is 0. The highest BCUT2D eigenvalue weighted by molar-refractivity contribution is 6.00. The largest absolute Gasteiger partial charge is 0.332 e. The van der Waals surface area contributed by atoms with E-state index < -0.39 is 0 Å². The molecule has 0 bridgehead atoms. The molecule has 5 rings (SSSR count). The monoisotopic (exact) mass is 422 g/mol. The summed E-state index contributed by atoms with van der Waals surface area (Å²) < 4.78 is 1.87. The molecule has 3 aliphatic rings. The van der Waals surface area contributed by atoms with Crippen molar-refractivity contribution in [3.8, 4) is 0 Å². The number of hydrogen-bond acceptors (Lipinski definition) is 5. The first-order valence-corrected chi connectivity index (χ1v) is 11.5. The van der Waals surface area contributed by atoms with Gasteiger partial charge in [-0.25, -0.2) is 9.97 Å². The van der Waals surface area contributed by atoms with E-state index in [4.69, 9.17) is 9.97 Å². The second-order valence-corrected chi connectivity index (χ2v) is 9.14. The lowest BCUT2D eigenvalue weighted by Gasteiger charge is -2.35. The lowest BCUT2D eigenvalue weighted by atomic mass is 10.0. The number of hydrogen-bond donors (Lipinski definition) is 0. The lowest BCUT2D eigenvalue weighted by molar-refractivity contribution is -0.135. The first-order valence-electron chi connectivity index (χ1n) is 11.5. The second-order valence-electron chi connectivity index (χ2n) is 9.14. The first-order chi connectivity index (χ1) is 15.0. The topological polar surface area (TPSA) is 84.2 Å². The Hall–Kier alpha value is -2.77. The number of nitrogens with zero attached hydrogens (tertiary/aromatic N) is 6. The quantitative estimate of drug-likeness (QED) is 0.715. The fraction of sp³-hybridized carbons (Fsp3) is 0.609. The first kappa shape index (κ1) is 20.2. The Bertz CT molecular complexity index is 1010. The van der Waals surface area contributed by atoms with Gasteiger partial charge >= 0.3 is 0 Å². The van der Waals surface area contributed by atoms with Crippen molar-refractivity contribution >= 4 is 17.6 Å². The summed E-state index contributed by atoms with van der Waals surface area (Å²) in [5.74, 6) is 2.32. The van der Waals surface area contributed by atoms with E-state index in [1.54, 1.807) is 6.20 Å². The highest BCUT2D eigenvalue weighted by Gasteiger charge is 2.37. The van der Waals surface area contributed by atoms with Crippen LogP contribution in [0.5, 0.6) is 0 Å². The fourth-order valence-electron chi connectivity index (χ4n) is 4.77. The fourth-order valence-corrected chi connectivity index (χ4v) is 4.77. The van der Waals surface area contributed by atoms with Gasteiger partial charge in [0.25, 0.3) is 0 Å². The van der Waals surface area contributed by atoms with Gasteiger partial charge < -0.3 is 4.90 Å². The molecule has 2 fully saturated rings. The standard InChI is InChI=1S/C23H30N6O2/c1-15-8-10-24-29(15)12-9-20(30)27-11-4-3-5-19(27)22-25-16(2)18-13-21(31)28(23(18)26-22)14-17-6-7-17/h8,10,17,19H,3-7,9,11-14H2,1-2H3/t19-/m0/s1. The van der Waals surface area contributed by atoms with Crippen LogP contribution >= 0.6 is 0 Å². The van der Waals surface area contributed by atoms with Crippen LogP contribution in [0.25, 0.3) is 0 Å². The molecule has 1 saturated carbocycles. The Kier molecular flexibility index (Phi) is 5.24. The van der Waals surface area contributed by atoms with Crippen LogP contribution < -0.4 is 4.90 Å². The van der Waals surface area contributed by atoms with E-state index in [0.29, 0.717) is 31.1 Å². The van der Waals surface area contributed by atoms with Gasteiger partial charge in [-0.3, -0.25) is 19.2 Å². The molecule has 31 heavy (non-hydrogen) atoms. The molecule has 2 aromatic heterocycles. The number of aryl methyl sites for hydroxylation is 3. The molecule has 1 atom stereocenters. The molecule has 2 aliphatic heterocycles. The number of fused-ring (bicyclic) bond motifs is 1. The van der Waals surface area contributed by atoms with Gasteiger partial charge in [0.15, 0.2) is 5.82 Å². The van der Waals surface area contributed by atoms with Gasteiger partial charge in [-0.15, -0.1) is 0 Å². The summed E-state index contributed by atoms with van der Waals surface area (Å²) in [6, 6.07) is 1.83.